The van der Waals surface area contributed by atoms with Crippen molar-refractivity contribution in [2.75, 3.05) is 0 Å². The normalized spacial score (nSPS) is 21.3. The predicted molar refractivity (Wildman–Crippen MR) is 142 cm³/mol. The summed E-state index contributed by atoms with van der Waals surface area (Å²) in [5.74, 6) is 0. The topological polar surface area (TPSA) is 12.2 Å². The fourth-order valence-electron chi connectivity index (χ4n) is 6.96. The maximum absolute atomic E-state index is 2.59. The van der Waals surface area contributed by atoms with Crippen LogP contribution >= 0.6 is 0 Å². The molecule has 0 fully saturated rings. The average molecular weight is 462 g/mol. The van der Waals surface area contributed by atoms with Crippen LogP contribution in [0, 0.1) is 6.92 Å². The molecular weight excluding hydrogens is 426 g/mol. The first kappa shape index (κ1) is 22.0. The Bertz CT molecular complexity index is 1560. The fraction of sp³-hybridized carbons (Fsp3) is 0.312. The highest BCUT2D eigenvalue weighted by atomic mass is 15.2. The van der Waals surface area contributed by atoms with Crippen molar-refractivity contribution in [2.24, 2.45) is 0 Å². The van der Waals surface area contributed by atoms with Gasteiger partial charge in [-0.3, -0.25) is 0 Å². The molecule has 0 saturated heterocycles. The molecule has 5 aromatic rings. The number of pyridine rings is 2. The number of hydrogen-bond donors (Lipinski definition) is 0. The van der Waals surface area contributed by atoms with E-state index in [-0.39, 0.29) is 11.0 Å². The molecule has 0 aliphatic carbocycles. The third-order valence-corrected chi connectivity index (χ3v) is 9.10. The second-order valence-electron chi connectivity index (χ2n) is 10.4. The zero-order chi connectivity index (χ0) is 24.2. The van der Waals surface area contributed by atoms with Crippen molar-refractivity contribution in [1.82, 2.24) is 4.40 Å². The van der Waals surface area contributed by atoms with Gasteiger partial charge in [0, 0.05) is 29.5 Å². The van der Waals surface area contributed by atoms with Gasteiger partial charge < -0.3 is 0 Å². The second-order valence-corrected chi connectivity index (χ2v) is 10.4. The molecule has 2 aromatic carbocycles. The molecule has 6 rings (SSSR count). The van der Waals surface area contributed by atoms with E-state index >= 15 is 0 Å². The van der Waals surface area contributed by atoms with Crippen molar-refractivity contribution in [1.29, 1.82) is 0 Å². The molecular formula is C32H35N3+2. The number of nitrogens with zero attached hydrogens (tertiary/aromatic N) is 3. The van der Waals surface area contributed by atoms with Crippen LogP contribution in [0.4, 0.5) is 0 Å². The smallest absolute Gasteiger partial charge is 0.224 e. The largest absolute Gasteiger partial charge is 0.294 e. The highest BCUT2D eigenvalue weighted by Gasteiger charge is 2.56. The monoisotopic (exact) mass is 461 g/mol. The Balaban J connectivity index is 1.53. The molecule has 1 aliphatic rings. The minimum absolute atomic E-state index is 0.0166. The van der Waals surface area contributed by atoms with Crippen LogP contribution in [-0.4, -0.2) is 4.40 Å². The van der Waals surface area contributed by atoms with E-state index in [9.17, 15) is 0 Å². The highest BCUT2D eigenvalue weighted by molar-refractivity contribution is 5.97. The molecule has 3 nitrogen and oxygen atoms in total. The van der Waals surface area contributed by atoms with Crippen LogP contribution in [0.25, 0.3) is 27.7 Å². The van der Waals surface area contributed by atoms with Crippen LogP contribution in [0.3, 0.4) is 0 Å². The molecule has 176 valence electrons. The van der Waals surface area contributed by atoms with Gasteiger partial charge in [0.25, 0.3) is 5.65 Å². The Kier molecular flexibility index (Phi) is 5.07. The molecule has 0 bridgehead atoms. The van der Waals surface area contributed by atoms with Gasteiger partial charge in [-0.2, -0.15) is 4.57 Å². The Morgan fingerprint density at radius 1 is 0.829 bits per heavy atom. The molecule has 0 N–H and O–H groups in total. The average Bonchev–Trinajstić information content (AvgIpc) is 3.35. The second kappa shape index (κ2) is 8.05. The van der Waals surface area contributed by atoms with Crippen LogP contribution in [0.15, 0.2) is 91.5 Å². The van der Waals surface area contributed by atoms with Gasteiger partial charge in [0.1, 0.15) is 24.5 Å². The molecule has 4 heterocycles. The van der Waals surface area contributed by atoms with Crippen molar-refractivity contribution in [3.63, 3.8) is 0 Å². The third kappa shape index (κ3) is 2.97. The minimum atomic E-state index is -0.0166. The lowest BCUT2D eigenvalue weighted by molar-refractivity contribution is -0.754. The van der Waals surface area contributed by atoms with Crippen molar-refractivity contribution in [2.45, 2.75) is 64.5 Å². The molecule has 1 aliphatic heterocycles. The number of benzene rings is 2. The number of aromatic nitrogens is 3. The maximum atomic E-state index is 2.59. The quantitative estimate of drug-likeness (QED) is 0.255. The van der Waals surface area contributed by atoms with Gasteiger partial charge in [-0.05, 0) is 61.4 Å². The summed E-state index contributed by atoms with van der Waals surface area (Å²) in [7, 11) is 0. The summed E-state index contributed by atoms with van der Waals surface area (Å²) in [6.07, 6.45) is 12.3. The van der Waals surface area contributed by atoms with E-state index in [1.54, 1.807) is 0 Å². The standard InChI is InChI=1S/C32H35N3/c1-5-31(4)32(6-2,18-21-33-19-10-9-16-28(33)26-14-8-7-12-24(26)3)27-15-11-13-25-17-20-34-22-23-35(31)30(34)29(25)27/h7-17,19-20,22-23H,5-6,18,21H2,1-4H3/q+2. The van der Waals surface area contributed by atoms with E-state index in [1.165, 1.54) is 38.8 Å². The summed E-state index contributed by atoms with van der Waals surface area (Å²) in [4.78, 5) is 0. The molecule has 0 amide bonds. The van der Waals surface area contributed by atoms with Crippen LogP contribution in [0.5, 0.6) is 0 Å². The lowest BCUT2D eigenvalue weighted by Gasteiger charge is -2.48. The van der Waals surface area contributed by atoms with Crippen LogP contribution < -0.4 is 9.13 Å². The predicted octanol–water partition coefficient (Wildman–Crippen LogP) is 6.52. The highest BCUT2D eigenvalue weighted by Crippen LogP contribution is 2.51. The van der Waals surface area contributed by atoms with E-state index in [2.05, 4.69) is 133 Å². The molecule has 2 atom stereocenters. The molecule has 2 unspecified atom stereocenters. The third-order valence-electron chi connectivity index (χ3n) is 9.10. The minimum Gasteiger partial charge on any atom is -0.224 e. The van der Waals surface area contributed by atoms with Crippen molar-refractivity contribution in [3.05, 3.63) is 103 Å². The molecule has 3 aromatic heterocycles. The van der Waals surface area contributed by atoms with Crippen molar-refractivity contribution < 1.29 is 9.13 Å². The fourth-order valence-corrected chi connectivity index (χ4v) is 6.96. The Morgan fingerprint density at radius 3 is 2.46 bits per heavy atom. The number of imidazole rings is 1. The maximum Gasteiger partial charge on any atom is 0.294 e. The van der Waals surface area contributed by atoms with E-state index in [0.29, 0.717) is 0 Å². The molecule has 35 heavy (non-hydrogen) atoms. The van der Waals surface area contributed by atoms with Gasteiger partial charge in [0.05, 0.1) is 11.6 Å². The van der Waals surface area contributed by atoms with Gasteiger partial charge in [-0.25, -0.2) is 8.97 Å². The van der Waals surface area contributed by atoms with Crippen molar-refractivity contribution >= 4 is 16.4 Å². The van der Waals surface area contributed by atoms with Crippen molar-refractivity contribution in [3.8, 4) is 11.3 Å². The zero-order valence-electron chi connectivity index (χ0n) is 21.3. The van der Waals surface area contributed by atoms with Gasteiger partial charge in [0.15, 0.2) is 6.20 Å². The van der Waals surface area contributed by atoms with Crippen LogP contribution in [0.1, 0.15) is 51.2 Å². The molecule has 0 saturated carbocycles. The summed E-state index contributed by atoms with van der Waals surface area (Å²) in [5.41, 5.74) is 6.78. The number of hydrogen-bond acceptors (Lipinski definition) is 0. The summed E-state index contributed by atoms with van der Waals surface area (Å²) < 4.78 is 7.36. The summed E-state index contributed by atoms with van der Waals surface area (Å²) in [5, 5.41) is 2.76. The summed E-state index contributed by atoms with van der Waals surface area (Å²) in [6, 6.07) is 24.5. The van der Waals surface area contributed by atoms with E-state index in [1.807, 2.05) is 0 Å². The first-order valence-electron chi connectivity index (χ1n) is 13.0. The number of aryl methyl sites for hydroxylation is 2. The SMILES string of the molecule is CCC1(CC[n+]2ccccc2-c2ccccc2C)c2cccc3ccn4cc[n+](c4c23)C1(C)CC. The molecule has 0 radical (unpaired) electrons. The molecule has 3 heteroatoms. The summed E-state index contributed by atoms with van der Waals surface area (Å²) in [6.45, 7) is 10.4. The Hall–Kier alpha value is -3.46. The van der Waals surface area contributed by atoms with Gasteiger partial charge >= 0.3 is 0 Å². The lowest BCUT2D eigenvalue weighted by Crippen LogP contribution is -2.67. The van der Waals surface area contributed by atoms with E-state index in [4.69, 9.17) is 0 Å². The van der Waals surface area contributed by atoms with Gasteiger partial charge in [-0.15, -0.1) is 0 Å². The summed E-state index contributed by atoms with van der Waals surface area (Å²) >= 11 is 0. The van der Waals surface area contributed by atoms with E-state index in [0.717, 1.165) is 25.8 Å². The van der Waals surface area contributed by atoms with Gasteiger partial charge in [-0.1, -0.05) is 50.2 Å². The van der Waals surface area contributed by atoms with Crippen LogP contribution in [-0.2, 0) is 17.5 Å². The first-order chi connectivity index (χ1) is 17.0. The lowest BCUT2D eigenvalue weighted by atomic mass is 9.59. The van der Waals surface area contributed by atoms with Gasteiger partial charge in [0.2, 0.25) is 5.69 Å². The van der Waals surface area contributed by atoms with Crippen LogP contribution in [0.2, 0.25) is 0 Å². The Morgan fingerprint density at radius 2 is 1.66 bits per heavy atom. The number of rotatable bonds is 6. The Labute approximate surface area is 208 Å². The first-order valence-corrected chi connectivity index (χ1v) is 13.0. The van der Waals surface area contributed by atoms with E-state index < -0.39 is 0 Å². The molecule has 0 spiro atoms. The zero-order valence-corrected chi connectivity index (χ0v) is 21.3.